The maximum atomic E-state index is 15.2. The van der Waals surface area contributed by atoms with Crippen LogP contribution in [0.2, 0.25) is 5.02 Å². The molecule has 1 aliphatic heterocycles. The predicted molar refractivity (Wildman–Crippen MR) is 160 cm³/mol. The molecule has 3 aliphatic rings. The molecule has 2 saturated carbocycles. The van der Waals surface area contributed by atoms with E-state index in [2.05, 4.69) is 15.4 Å². The minimum Gasteiger partial charge on any atom is -0.494 e. The summed E-state index contributed by atoms with van der Waals surface area (Å²) >= 11 is 6.01. The molecule has 4 aromatic rings. The lowest BCUT2D eigenvalue weighted by Gasteiger charge is -2.30. The van der Waals surface area contributed by atoms with Crippen molar-refractivity contribution in [2.24, 2.45) is 11.7 Å². The number of ether oxygens (including phenoxy) is 2. The highest BCUT2D eigenvalue weighted by Crippen LogP contribution is 2.50. The Balaban J connectivity index is 1.27. The summed E-state index contributed by atoms with van der Waals surface area (Å²) in [7, 11) is 1.51. The van der Waals surface area contributed by atoms with Gasteiger partial charge in [0.15, 0.2) is 0 Å². The van der Waals surface area contributed by atoms with E-state index >= 15 is 4.39 Å². The first-order chi connectivity index (χ1) is 21.4. The summed E-state index contributed by atoms with van der Waals surface area (Å²) in [5.41, 5.74) is 3.82. The second-order valence-corrected chi connectivity index (χ2v) is 12.7. The number of carbonyl (C=O) groups is 2. The first-order valence-electron chi connectivity index (χ1n) is 14.6. The van der Waals surface area contributed by atoms with E-state index in [0.717, 1.165) is 24.3 Å². The lowest BCUT2D eigenvalue weighted by Crippen LogP contribution is -2.44. The maximum absolute atomic E-state index is 15.2. The normalized spacial score (nSPS) is 20.4. The average molecular weight is 638 g/mol. The molecule has 7 rings (SSSR count). The van der Waals surface area contributed by atoms with Crippen molar-refractivity contribution in [3.05, 3.63) is 70.0 Å². The van der Waals surface area contributed by atoms with Crippen LogP contribution in [0.3, 0.4) is 0 Å². The number of carbonyl (C=O) groups excluding carboxylic acids is 2. The smallest absolute Gasteiger partial charge is 0.251 e. The highest BCUT2D eigenvalue weighted by Gasteiger charge is 2.50. The number of hydrogen-bond donors (Lipinski definition) is 3. The fourth-order valence-corrected chi connectivity index (χ4v) is 6.12. The molecule has 45 heavy (non-hydrogen) atoms. The Morgan fingerprint density at radius 3 is 2.62 bits per heavy atom. The van der Waals surface area contributed by atoms with Gasteiger partial charge in [-0.15, -0.1) is 0 Å². The van der Waals surface area contributed by atoms with Crippen molar-refractivity contribution >= 4 is 34.3 Å². The molecule has 2 atom stereocenters. The van der Waals surface area contributed by atoms with Crippen molar-refractivity contribution in [2.45, 2.75) is 49.7 Å². The van der Waals surface area contributed by atoms with Gasteiger partial charge in [0.05, 0.1) is 30.4 Å². The number of rotatable bonds is 9. The zero-order valence-corrected chi connectivity index (χ0v) is 25.3. The fourth-order valence-electron chi connectivity index (χ4n) is 5.95. The number of amides is 2. The van der Waals surface area contributed by atoms with Gasteiger partial charge in [0, 0.05) is 34.3 Å². The van der Waals surface area contributed by atoms with E-state index in [4.69, 9.17) is 26.8 Å². The molecule has 2 aromatic carbocycles. The zero-order valence-electron chi connectivity index (χ0n) is 24.5. The Bertz CT molecular complexity index is 1910. The molecule has 4 N–H and O–H groups in total. The first-order valence-corrected chi connectivity index (χ1v) is 15.0. The number of nitrogens with two attached hydrogens (primary N) is 1. The molecule has 2 aliphatic carbocycles. The van der Waals surface area contributed by atoms with E-state index in [1.165, 1.54) is 13.2 Å². The van der Waals surface area contributed by atoms with E-state index in [1.807, 2.05) is 10.9 Å². The molecular weight excluding hydrogens is 608 g/mol. The first kappa shape index (κ1) is 29.4. The Morgan fingerprint density at radius 2 is 1.96 bits per heavy atom. The van der Waals surface area contributed by atoms with E-state index < -0.39 is 34.5 Å². The molecule has 2 aromatic heterocycles. The monoisotopic (exact) mass is 637 g/mol. The topological polar surface area (TPSA) is 142 Å². The number of halogens is 3. The molecule has 3 heterocycles. The summed E-state index contributed by atoms with van der Waals surface area (Å²) in [5, 5.41) is 20.0. The number of fused-ring (bicyclic) bond motifs is 2. The SMILES string of the molecule is COc1cc(C(=O)NCC(O)(c2cc3c(c(-c4cc(Cl)c(F)cc4F)n2)OC[C@]3(C)C(N)=O)C2CC2)cc2cn(C3CC3)nc12. The van der Waals surface area contributed by atoms with Gasteiger partial charge in [0.2, 0.25) is 5.91 Å². The predicted octanol–water partition coefficient (Wildman–Crippen LogP) is 4.54. The summed E-state index contributed by atoms with van der Waals surface area (Å²) in [4.78, 5) is 30.7. The van der Waals surface area contributed by atoms with Crippen molar-refractivity contribution in [3.63, 3.8) is 0 Å². The van der Waals surface area contributed by atoms with Gasteiger partial charge in [0.1, 0.15) is 52.0 Å². The summed E-state index contributed by atoms with van der Waals surface area (Å²) in [6.45, 7) is 1.19. The third-order valence-corrected chi connectivity index (χ3v) is 9.38. The Hall–Kier alpha value is -4.29. The Morgan fingerprint density at radius 1 is 1.20 bits per heavy atom. The number of aromatic nitrogens is 3. The van der Waals surface area contributed by atoms with Crippen molar-refractivity contribution in [1.82, 2.24) is 20.1 Å². The maximum Gasteiger partial charge on any atom is 0.251 e. The molecule has 2 fully saturated rings. The van der Waals surface area contributed by atoms with Gasteiger partial charge >= 0.3 is 0 Å². The number of pyridine rings is 1. The summed E-state index contributed by atoms with van der Waals surface area (Å²) in [6, 6.07) is 6.89. The van der Waals surface area contributed by atoms with Crippen molar-refractivity contribution in [2.75, 3.05) is 20.3 Å². The molecule has 2 amide bonds. The van der Waals surface area contributed by atoms with Crippen molar-refractivity contribution in [1.29, 1.82) is 0 Å². The van der Waals surface area contributed by atoms with Crippen LogP contribution in [0.25, 0.3) is 22.2 Å². The number of aliphatic hydroxyl groups is 1. The lowest BCUT2D eigenvalue weighted by molar-refractivity contribution is -0.123. The fraction of sp³-hybridized carbons (Fsp3) is 0.375. The number of hydrogen-bond acceptors (Lipinski definition) is 7. The van der Waals surface area contributed by atoms with E-state index in [-0.39, 0.29) is 46.8 Å². The molecule has 1 unspecified atom stereocenters. The standard InChI is InChI=1S/C32H30ClF2N5O5/c1-31(30(36)42)14-45-28-20(31)10-25(38-27(28)19-9-21(33)23(35)11-22(19)34)32(43,17-3-4-17)13-37-29(41)15-7-16-12-40(18-5-6-18)39-26(16)24(8-15)44-2/h7-12,17-18,43H,3-6,13-14H2,1-2H3,(H2,36,42)(H,37,41)/t31-,32?/m0/s1. The number of primary amides is 1. The van der Waals surface area contributed by atoms with Crippen molar-refractivity contribution < 1.29 is 33.0 Å². The van der Waals surface area contributed by atoms with E-state index in [0.29, 0.717) is 47.3 Å². The molecule has 0 radical (unpaired) electrons. The quantitative estimate of drug-likeness (QED) is 0.229. The average Bonchev–Trinajstić information content (AvgIpc) is 3.96. The zero-order chi connectivity index (χ0) is 31.8. The second-order valence-electron chi connectivity index (χ2n) is 12.3. The highest BCUT2D eigenvalue weighted by atomic mass is 35.5. The van der Waals surface area contributed by atoms with Gasteiger partial charge in [-0.25, -0.2) is 13.8 Å². The molecule has 0 spiro atoms. The van der Waals surface area contributed by atoms with E-state index in [1.54, 1.807) is 19.1 Å². The Kier molecular flexibility index (Phi) is 6.79. The van der Waals surface area contributed by atoms with Crippen LogP contribution in [0.15, 0.2) is 36.5 Å². The highest BCUT2D eigenvalue weighted by molar-refractivity contribution is 6.31. The molecule has 13 heteroatoms. The molecule has 10 nitrogen and oxygen atoms in total. The van der Waals surface area contributed by atoms with Gasteiger partial charge < -0.3 is 25.6 Å². The third kappa shape index (κ3) is 4.87. The van der Waals surface area contributed by atoms with Crippen LogP contribution in [0.1, 0.15) is 60.3 Å². The van der Waals surface area contributed by atoms with Gasteiger partial charge in [-0.3, -0.25) is 14.3 Å². The number of nitrogens with one attached hydrogen (secondary N) is 1. The summed E-state index contributed by atoms with van der Waals surface area (Å²) < 4.78 is 42.5. The second kappa shape index (κ2) is 10.4. The van der Waals surface area contributed by atoms with Gasteiger partial charge in [0.25, 0.3) is 5.91 Å². The minimum atomic E-state index is -1.72. The van der Waals surface area contributed by atoms with Crippen LogP contribution in [0, 0.1) is 17.6 Å². The van der Waals surface area contributed by atoms with Crippen LogP contribution >= 0.6 is 11.6 Å². The number of methoxy groups -OCH3 is 1. The third-order valence-electron chi connectivity index (χ3n) is 9.09. The molecule has 0 saturated heterocycles. The molecular formula is C32H30ClF2N5O5. The van der Waals surface area contributed by atoms with Crippen LogP contribution < -0.4 is 20.5 Å². The van der Waals surface area contributed by atoms with Crippen LogP contribution in [0.4, 0.5) is 8.78 Å². The Labute approximate surface area is 261 Å². The number of benzene rings is 2. The summed E-state index contributed by atoms with van der Waals surface area (Å²) in [5.74, 6) is -2.84. The summed E-state index contributed by atoms with van der Waals surface area (Å²) in [6.07, 6.45) is 5.27. The van der Waals surface area contributed by atoms with Crippen molar-refractivity contribution in [3.8, 4) is 22.8 Å². The minimum absolute atomic E-state index is 0.0693. The molecule has 0 bridgehead atoms. The van der Waals surface area contributed by atoms with Gasteiger partial charge in [-0.1, -0.05) is 11.6 Å². The lowest BCUT2D eigenvalue weighted by atomic mass is 9.81. The van der Waals surface area contributed by atoms with Crippen LogP contribution in [0.5, 0.6) is 11.5 Å². The van der Waals surface area contributed by atoms with Crippen LogP contribution in [-0.4, -0.2) is 51.9 Å². The van der Waals surface area contributed by atoms with Gasteiger partial charge in [-0.2, -0.15) is 5.10 Å². The van der Waals surface area contributed by atoms with E-state index in [9.17, 15) is 19.1 Å². The largest absolute Gasteiger partial charge is 0.494 e. The van der Waals surface area contributed by atoms with Gasteiger partial charge in [-0.05, 0) is 62.8 Å². The van der Waals surface area contributed by atoms with Crippen LogP contribution in [-0.2, 0) is 15.8 Å². The number of nitrogens with zero attached hydrogens (tertiary/aromatic N) is 3. The molecule has 234 valence electrons.